The molecule has 3 rings (SSSR count). The average Bonchev–Trinajstić information content (AvgIpc) is 3.42. The Labute approximate surface area is 183 Å². The number of hydrogen-bond donors (Lipinski definition) is 4. The molecule has 0 aromatic carbocycles. The Kier molecular flexibility index (Phi) is 7.46. The van der Waals surface area contributed by atoms with E-state index < -0.39 is 42.4 Å². The van der Waals surface area contributed by atoms with Gasteiger partial charge in [-0.3, -0.25) is 9.59 Å². The second-order valence-electron chi connectivity index (χ2n) is 9.61. The maximum absolute atomic E-state index is 12.5. The largest absolute Gasteiger partial charge is 0.481 e. The van der Waals surface area contributed by atoms with Crippen molar-refractivity contribution in [2.75, 3.05) is 0 Å². The lowest BCUT2D eigenvalue weighted by Gasteiger charge is -2.45. The van der Waals surface area contributed by atoms with Crippen molar-refractivity contribution < 1.29 is 39.5 Å². The maximum Gasteiger partial charge on any atom is 0.308 e. The van der Waals surface area contributed by atoms with Crippen LogP contribution in [0.5, 0.6) is 0 Å². The lowest BCUT2D eigenvalue weighted by molar-refractivity contribution is -0.163. The number of aliphatic hydroxyl groups is 3. The van der Waals surface area contributed by atoms with Gasteiger partial charge in [-0.2, -0.15) is 0 Å². The molecule has 176 valence electrons. The second-order valence-corrected chi connectivity index (χ2v) is 9.61. The number of aliphatic carboxylic acids is 1. The molecule has 1 aliphatic heterocycles. The van der Waals surface area contributed by atoms with Crippen molar-refractivity contribution in [1.82, 2.24) is 0 Å². The predicted octanol–water partition coefficient (Wildman–Crippen LogP) is 1.65. The van der Waals surface area contributed by atoms with Crippen molar-refractivity contribution in [1.29, 1.82) is 0 Å². The molecule has 0 amide bonds. The average molecular weight is 441 g/mol. The van der Waals surface area contributed by atoms with Crippen LogP contribution in [0.3, 0.4) is 0 Å². The first-order chi connectivity index (χ1) is 14.6. The van der Waals surface area contributed by atoms with E-state index >= 15 is 0 Å². The van der Waals surface area contributed by atoms with Gasteiger partial charge in [-0.25, -0.2) is 0 Å². The van der Waals surface area contributed by atoms with Crippen LogP contribution in [0.15, 0.2) is 12.2 Å². The van der Waals surface area contributed by atoms with Crippen LogP contribution in [0, 0.1) is 23.7 Å². The number of ether oxygens (including phenoxy) is 2. The molecule has 1 spiro atoms. The van der Waals surface area contributed by atoms with Gasteiger partial charge < -0.3 is 29.9 Å². The van der Waals surface area contributed by atoms with E-state index in [1.165, 1.54) is 0 Å². The number of esters is 1. The van der Waals surface area contributed by atoms with Crippen molar-refractivity contribution in [2.24, 2.45) is 23.7 Å². The van der Waals surface area contributed by atoms with E-state index in [0.29, 0.717) is 25.7 Å². The van der Waals surface area contributed by atoms with Crippen LogP contribution in [-0.4, -0.2) is 68.5 Å². The van der Waals surface area contributed by atoms with Crippen molar-refractivity contribution in [3.8, 4) is 0 Å². The zero-order chi connectivity index (χ0) is 22.9. The van der Waals surface area contributed by atoms with Crippen LogP contribution < -0.4 is 0 Å². The first kappa shape index (κ1) is 24.2. The maximum atomic E-state index is 12.5. The number of epoxide rings is 1. The summed E-state index contributed by atoms with van der Waals surface area (Å²) in [6, 6.07) is 0. The minimum absolute atomic E-state index is 0.00329. The summed E-state index contributed by atoms with van der Waals surface area (Å²) < 4.78 is 11.9. The van der Waals surface area contributed by atoms with E-state index in [2.05, 4.69) is 13.0 Å². The molecule has 3 aliphatic rings. The van der Waals surface area contributed by atoms with E-state index in [1.807, 2.05) is 19.9 Å². The van der Waals surface area contributed by atoms with Crippen molar-refractivity contribution in [3.05, 3.63) is 12.2 Å². The van der Waals surface area contributed by atoms with Crippen molar-refractivity contribution in [2.45, 2.75) is 95.4 Å². The zero-order valence-corrected chi connectivity index (χ0v) is 18.5. The predicted molar refractivity (Wildman–Crippen MR) is 111 cm³/mol. The van der Waals surface area contributed by atoms with Crippen LogP contribution in [0.1, 0.15) is 59.3 Å². The first-order valence-electron chi connectivity index (χ1n) is 11.4. The minimum Gasteiger partial charge on any atom is -0.481 e. The fourth-order valence-corrected chi connectivity index (χ4v) is 5.36. The third kappa shape index (κ3) is 5.13. The molecular weight excluding hydrogens is 404 g/mol. The normalized spacial score (nSPS) is 39.0. The SMILES string of the molecule is CC[C@H](C)C(=O)OC1C[C@H](O)[C@@H]2O[C@@]23C=C[C@H](C)[C@H](CC[C@@H](O)C[C@@H](O)CC(=O)O)C13. The van der Waals surface area contributed by atoms with E-state index in [4.69, 9.17) is 14.6 Å². The Morgan fingerprint density at radius 1 is 1.29 bits per heavy atom. The van der Waals surface area contributed by atoms with E-state index in [1.54, 1.807) is 0 Å². The fourth-order valence-electron chi connectivity index (χ4n) is 5.36. The smallest absolute Gasteiger partial charge is 0.308 e. The van der Waals surface area contributed by atoms with Gasteiger partial charge >= 0.3 is 11.9 Å². The monoisotopic (exact) mass is 440 g/mol. The summed E-state index contributed by atoms with van der Waals surface area (Å²) >= 11 is 0. The highest BCUT2D eigenvalue weighted by Crippen LogP contribution is 2.59. The fraction of sp³-hybridized carbons (Fsp3) is 0.826. The molecule has 4 N–H and O–H groups in total. The molecule has 8 heteroatoms. The van der Waals surface area contributed by atoms with Gasteiger partial charge in [0.25, 0.3) is 0 Å². The molecule has 2 aliphatic carbocycles. The van der Waals surface area contributed by atoms with E-state index in [9.17, 15) is 24.9 Å². The van der Waals surface area contributed by atoms with Crippen molar-refractivity contribution >= 4 is 11.9 Å². The molecule has 0 bridgehead atoms. The molecule has 10 atom stereocenters. The van der Waals surface area contributed by atoms with Crippen molar-refractivity contribution in [3.63, 3.8) is 0 Å². The highest BCUT2D eigenvalue weighted by molar-refractivity contribution is 5.72. The summed E-state index contributed by atoms with van der Waals surface area (Å²) in [6.45, 7) is 5.83. The first-order valence-corrected chi connectivity index (χ1v) is 11.4. The lowest BCUT2D eigenvalue weighted by Crippen LogP contribution is -2.53. The molecule has 8 nitrogen and oxygen atoms in total. The topological polar surface area (TPSA) is 137 Å². The molecule has 31 heavy (non-hydrogen) atoms. The van der Waals surface area contributed by atoms with Crippen LogP contribution in [0.2, 0.25) is 0 Å². The minimum atomic E-state index is -1.10. The lowest BCUT2D eigenvalue weighted by atomic mass is 9.61. The van der Waals surface area contributed by atoms with Crippen LogP contribution in [-0.2, 0) is 19.1 Å². The number of allylic oxidation sites excluding steroid dienone is 1. The molecular formula is C23H36O8. The Morgan fingerprint density at radius 3 is 2.65 bits per heavy atom. The number of carbonyl (C=O) groups excluding carboxylic acids is 1. The number of rotatable bonds is 10. The molecule has 1 saturated heterocycles. The van der Waals surface area contributed by atoms with Gasteiger partial charge in [-0.05, 0) is 37.5 Å². The third-order valence-electron chi connectivity index (χ3n) is 7.33. The molecule has 2 fully saturated rings. The Morgan fingerprint density at radius 2 is 2.00 bits per heavy atom. The van der Waals surface area contributed by atoms with Gasteiger partial charge in [-0.15, -0.1) is 0 Å². The van der Waals surface area contributed by atoms with Crippen LogP contribution in [0.4, 0.5) is 0 Å². The highest BCUT2D eigenvalue weighted by atomic mass is 16.6. The van der Waals surface area contributed by atoms with Gasteiger partial charge in [0.2, 0.25) is 0 Å². The standard InChI is InChI=1S/C23H36O8/c1-4-12(2)22(29)30-18-11-17(26)21-23(31-21)8-7-13(3)16(20(18)23)6-5-14(24)9-15(25)10-19(27)28/h7-8,12-18,20-21,24-26H,4-6,9-11H2,1-3H3,(H,27,28)/t12-,13-,14+,15+,16-,17-,18?,20?,21-,23+/m0/s1. The van der Waals surface area contributed by atoms with Crippen LogP contribution >= 0.6 is 0 Å². The number of hydrogen-bond acceptors (Lipinski definition) is 7. The molecule has 1 heterocycles. The van der Waals surface area contributed by atoms with Gasteiger partial charge in [0.05, 0.1) is 30.7 Å². The quantitative estimate of drug-likeness (QED) is 0.229. The molecule has 2 unspecified atom stereocenters. The molecule has 1 saturated carbocycles. The van der Waals surface area contributed by atoms with Gasteiger partial charge in [-0.1, -0.05) is 32.9 Å². The number of carboxylic acids is 1. The summed E-state index contributed by atoms with van der Waals surface area (Å²) in [5.74, 6) is -1.49. The summed E-state index contributed by atoms with van der Waals surface area (Å²) in [4.78, 5) is 23.3. The summed E-state index contributed by atoms with van der Waals surface area (Å²) in [5, 5.41) is 39.4. The van der Waals surface area contributed by atoms with Gasteiger partial charge in [0.1, 0.15) is 17.8 Å². The van der Waals surface area contributed by atoms with E-state index in [0.717, 1.165) is 0 Å². The summed E-state index contributed by atoms with van der Waals surface area (Å²) in [7, 11) is 0. The molecule has 0 aromatic heterocycles. The summed E-state index contributed by atoms with van der Waals surface area (Å²) in [5.41, 5.74) is -0.636. The highest BCUT2D eigenvalue weighted by Gasteiger charge is 2.71. The third-order valence-corrected chi connectivity index (χ3v) is 7.33. The second kappa shape index (κ2) is 9.57. The molecule has 0 radical (unpaired) electrons. The Bertz CT molecular complexity index is 693. The number of carboxylic acid groups (broad SMARTS) is 1. The number of carbonyl (C=O) groups is 2. The van der Waals surface area contributed by atoms with Gasteiger partial charge in [0, 0.05) is 12.3 Å². The summed E-state index contributed by atoms with van der Waals surface area (Å²) in [6.07, 6.45) is 2.31. The molecule has 0 aromatic rings. The van der Waals surface area contributed by atoms with E-state index in [-0.39, 0.29) is 42.2 Å². The number of aliphatic hydroxyl groups excluding tert-OH is 3. The van der Waals surface area contributed by atoms with Crippen LogP contribution in [0.25, 0.3) is 0 Å². The Balaban J connectivity index is 1.71. The zero-order valence-electron chi connectivity index (χ0n) is 18.5. The van der Waals surface area contributed by atoms with Gasteiger partial charge in [0.15, 0.2) is 0 Å². The Hall–Kier alpha value is -1.48.